The van der Waals surface area contributed by atoms with Crippen LogP contribution in [0, 0.1) is 13.8 Å². The molecule has 3 rings (SSSR count). The van der Waals surface area contributed by atoms with E-state index in [-0.39, 0.29) is 0 Å². The zero-order chi connectivity index (χ0) is 12.0. The normalized spacial score (nSPS) is 15.7. The topological polar surface area (TPSA) is 30.9 Å². The second-order valence-electron chi connectivity index (χ2n) is 5.23. The SMILES string of the molecule is Cc1ccc2c(C)c(CCN)n(C3CC3)c2c1. The molecule has 1 heterocycles. The number of fused-ring (bicyclic) bond motifs is 1. The number of hydrogen-bond acceptors (Lipinski definition) is 1. The smallest absolute Gasteiger partial charge is 0.0490 e. The summed E-state index contributed by atoms with van der Waals surface area (Å²) in [6, 6.07) is 7.52. The molecule has 1 aromatic carbocycles. The Bertz CT molecular complexity index is 562. The quantitative estimate of drug-likeness (QED) is 0.860. The lowest BCUT2D eigenvalue weighted by Crippen LogP contribution is -2.09. The van der Waals surface area contributed by atoms with Gasteiger partial charge in [-0.05, 0) is 50.4 Å². The maximum Gasteiger partial charge on any atom is 0.0490 e. The number of nitrogens with two attached hydrogens (primary N) is 1. The van der Waals surface area contributed by atoms with E-state index in [1.165, 1.54) is 40.6 Å². The fraction of sp³-hybridized carbons (Fsp3) is 0.467. The molecule has 2 aromatic rings. The van der Waals surface area contributed by atoms with E-state index in [0.29, 0.717) is 0 Å². The molecule has 1 aliphatic carbocycles. The molecule has 2 heteroatoms. The molecule has 1 fully saturated rings. The Kier molecular flexibility index (Phi) is 2.48. The molecule has 2 N–H and O–H groups in total. The lowest BCUT2D eigenvalue weighted by molar-refractivity contribution is 0.711. The van der Waals surface area contributed by atoms with Gasteiger partial charge in [-0.25, -0.2) is 0 Å². The summed E-state index contributed by atoms with van der Waals surface area (Å²) in [6.07, 6.45) is 3.65. The number of rotatable bonds is 3. The van der Waals surface area contributed by atoms with E-state index in [1.807, 2.05) is 0 Å². The second kappa shape index (κ2) is 3.88. The first-order chi connectivity index (χ1) is 8.22. The lowest BCUT2D eigenvalue weighted by atomic mass is 10.1. The average Bonchev–Trinajstić information content (AvgIpc) is 3.09. The zero-order valence-corrected chi connectivity index (χ0v) is 10.7. The van der Waals surface area contributed by atoms with Crippen molar-refractivity contribution in [2.45, 2.75) is 39.2 Å². The maximum absolute atomic E-state index is 5.76. The highest BCUT2D eigenvalue weighted by atomic mass is 15.1. The molecular formula is C15H20N2. The van der Waals surface area contributed by atoms with Gasteiger partial charge in [0.05, 0.1) is 0 Å². The maximum atomic E-state index is 5.76. The van der Waals surface area contributed by atoms with Crippen molar-refractivity contribution >= 4 is 10.9 Å². The summed E-state index contributed by atoms with van der Waals surface area (Å²) >= 11 is 0. The third-order valence-electron chi connectivity index (χ3n) is 3.83. The highest BCUT2D eigenvalue weighted by Gasteiger charge is 2.28. The van der Waals surface area contributed by atoms with Gasteiger partial charge in [0.25, 0.3) is 0 Å². The summed E-state index contributed by atoms with van der Waals surface area (Å²) < 4.78 is 2.55. The highest BCUT2D eigenvalue weighted by Crippen LogP contribution is 2.41. The van der Waals surface area contributed by atoms with Gasteiger partial charge in [0.15, 0.2) is 0 Å². The van der Waals surface area contributed by atoms with Gasteiger partial charge in [-0.3, -0.25) is 0 Å². The highest BCUT2D eigenvalue weighted by molar-refractivity contribution is 5.86. The number of aromatic nitrogens is 1. The standard InChI is InChI=1S/C15H20N2/c1-10-3-6-13-11(2)14(7-8-16)17(12-4-5-12)15(13)9-10/h3,6,9,12H,4-5,7-8,16H2,1-2H3. The molecule has 0 bridgehead atoms. The van der Waals surface area contributed by atoms with Crippen molar-refractivity contribution in [2.24, 2.45) is 5.73 Å². The first kappa shape index (κ1) is 10.8. The van der Waals surface area contributed by atoms with Crippen LogP contribution in [-0.4, -0.2) is 11.1 Å². The van der Waals surface area contributed by atoms with Crippen molar-refractivity contribution in [2.75, 3.05) is 6.54 Å². The molecule has 2 nitrogen and oxygen atoms in total. The molecule has 90 valence electrons. The van der Waals surface area contributed by atoms with Crippen LogP contribution in [0.25, 0.3) is 10.9 Å². The van der Waals surface area contributed by atoms with E-state index < -0.39 is 0 Å². The van der Waals surface area contributed by atoms with Crippen LogP contribution in [-0.2, 0) is 6.42 Å². The van der Waals surface area contributed by atoms with Gasteiger partial charge in [0.2, 0.25) is 0 Å². The summed E-state index contributed by atoms with van der Waals surface area (Å²) in [6.45, 7) is 5.14. The van der Waals surface area contributed by atoms with Gasteiger partial charge >= 0.3 is 0 Å². The minimum atomic E-state index is 0.731. The molecule has 1 aliphatic rings. The van der Waals surface area contributed by atoms with E-state index in [9.17, 15) is 0 Å². The van der Waals surface area contributed by atoms with E-state index in [4.69, 9.17) is 5.73 Å². The molecule has 0 amide bonds. The molecule has 0 unspecified atom stereocenters. The molecule has 0 aliphatic heterocycles. The number of benzene rings is 1. The Balaban J connectivity index is 2.29. The van der Waals surface area contributed by atoms with Gasteiger partial charge in [-0.2, -0.15) is 0 Å². The summed E-state index contributed by atoms with van der Waals surface area (Å²) in [5.74, 6) is 0. The van der Waals surface area contributed by atoms with Gasteiger partial charge < -0.3 is 10.3 Å². The Labute approximate surface area is 102 Å². The molecule has 17 heavy (non-hydrogen) atoms. The molecule has 1 saturated carbocycles. The lowest BCUT2D eigenvalue weighted by Gasteiger charge is -2.09. The number of aryl methyl sites for hydroxylation is 2. The predicted molar refractivity (Wildman–Crippen MR) is 72.4 cm³/mol. The third-order valence-corrected chi connectivity index (χ3v) is 3.83. The first-order valence-corrected chi connectivity index (χ1v) is 6.52. The molecular weight excluding hydrogens is 208 g/mol. The van der Waals surface area contributed by atoms with Gasteiger partial charge in [-0.15, -0.1) is 0 Å². The van der Waals surface area contributed by atoms with Gasteiger partial charge in [0, 0.05) is 29.1 Å². The van der Waals surface area contributed by atoms with Crippen molar-refractivity contribution in [3.8, 4) is 0 Å². The van der Waals surface area contributed by atoms with E-state index in [2.05, 4.69) is 36.6 Å². The summed E-state index contributed by atoms with van der Waals surface area (Å²) in [5.41, 5.74) is 11.4. The van der Waals surface area contributed by atoms with Crippen LogP contribution in [0.1, 0.15) is 35.7 Å². The summed E-state index contributed by atoms with van der Waals surface area (Å²) in [4.78, 5) is 0. The van der Waals surface area contributed by atoms with Crippen molar-refractivity contribution in [1.82, 2.24) is 4.57 Å². The number of nitrogens with zero attached hydrogens (tertiary/aromatic N) is 1. The van der Waals surface area contributed by atoms with Crippen molar-refractivity contribution < 1.29 is 0 Å². The molecule has 0 saturated heterocycles. The van der Waals surface area contributed by atoms with Crippen LogP contribution < -0.4 is 5.73 Å². The fourth-order valence-corrected chi connectivity index (χ4v) is 2.83. The Morgan fingerprint density at radius 1 is 1.29 bits per heavy atom. The summed E-state index contributed by atoms with van der Waals surface area (Å²) in [5, 5.41) is 1.41. The van der Waals surface area contributed by atoms with E-state index >= 15 is 0 Å². The minimum absolute atomic E-state index is 0.731. The van der Waals surface area contributed by atoms with Gasteiger partial charge in [0.1, 0.15) is 0 Å². The molecule has 0 atom stereocenters. The van der Waals surface area contributed by atoms with E-state index in [1.54, 1.807) is 0 Å². The fourth-order valence-electron chi connectivity index (χ4n) is 2.83. The summed E-state index contributed by atoms with van der Waals surface area (Å²) in [7, 11) is 0. The van der Waals surface area contributed by atoms with Crippen LogP contribution in [0.5, 0.6) is 0 Å². The molecule has 0 radical (unpaired) electrons. The monoisotopic (exact) mass is 228 g/mol. The minimum Gasteiger partial charge on any atom is -0.341 e. The van der Waals surface area contributed by atoms with Crippen LogP contribution in [0.15, 0.2) is 18.2 Å². The number of hydrogen-bond donors (Lipinski definition) is 1. The Morgan fingerprint density at radius 3 is 2.71 bits per heavy atom. The zero-order valence-electron chi connectivity index (χ0n) is 10.7. The van der Waals surface area contributed by atoms with Crippen LogP contribution in [0.4, 0.5) is 0 Å². The average molecular weight is 228 g/mol. The molecule has 0 spiro atoms. The van der Waals surface area contributed by atoms with E-state index in [0.717, 1.165) is 19.0 Å². The third kappa shape index (κ3) is 1.67. The van der Waals surface area contributed by atoms with Crippen molar-refractivity contribution in [1.29, 1.82) is 0 Å². The van der Waals surface area contributed by atoms with Crippen molar-refractivity contribution in [3.63, 3.8) is 0 Å². The molecule has 1 aromatic heterocycles. The second-order valence-corrected chi connectivity index (χ2v) is 5.23. The Morgan fingerprint density at radius 2 is 2.06 bits per heavy atom. The van der Waals surface area contributed by atoms with Crippen molar-refractivity contribution in [3.05, 3.63) is 35.0 Å². The largest absolute Gasteiger partial charge is 0.341 e. The Hall–Kier alpha value is -1.28. The van der Waals surface area contributed by atoms with Gasteiger partial charge in [-0.1, -0.05) is 12.1 Å². The predicted octanol–water partition coefficient (Wildman–Crippen LogP) is 3.09. The first-order valence-electron chi connectivity index (χ1n) is 6.52. The van der Waals surface area contributed by atoms with Crippen LogP contribution in [0.2, 0.25) is 0 Å². The van der Waals surface area contributed by atoms with Crippen LogP contribution in [0.3, 0.4) is 0 Å². The van der Waals surface area contributed by atoms with Crippen LogP contribution >= 0.6 is 0 Å².